The van der Waals surface area contributed by atoms with Gasteiger partial charge in [0.05, 0.1) is 0 Å². The van der Waals surface area contributed by atoms with E-state index in [0.29, 0.717) is 6.54 Å². The van der Waals surface area contributed by atoms with E-state index < -0.39 is 6.36 Å². The minimum atomic E-state index is -4.63. The summed E-state index contributed by atoms with van der Waals surface area (Å²) in [6.07, 6.45) is -3.66. The summed E-state index contributed by atoms with van der Waals surface area (Å²) in [6.45, 7) is 6.85. The van der Waals surface area contributed by atoms with Crippen LogP contribution in [-0.2, 0) is 6.54 Å². The van der Waals surface area contributed by atoms with Crippen molar-refractivity contribution in [3.05, 3.63) is 29.8 Å². The molecule has 0 saturated carbocycles. The Balaban J connectivity index is 2.56. The minimum absolute atomic E-state index is 0.0150. The van der Waals surface area contributed by atoms with Crippen LogP contribution in [0.4, 0.5) is 13.2 Å². The molecule has 0 spiro atoms. The van der Waals surface area contributed by atoms with Crippen molar-refractivity contribution in [3.63, 3.8) is 0 Å². The Morgan fingerprint density at radius 2 is 1.67 bits per heavy atom. The van der Waals surface area contributed by atoms with Crippen LogP contribution in [0.2, 0.25) is 0 Å². The highest BCUT2D eigenvalue weighted by Crippen LogP contribution is 2.22. The quantitative estimate of drug-likeness (QED) is 0.869. The first-order valence-electron chi connectivity index (χ1n) is 5.81. The summed E-state index contributed by atoms with van der Waals surface area (Å²) in [5.41, 5.74) is 0.937. The van der Waals surface area contributed by atoms with Gasteiger partial charge in [-0.05, 0) is 38.0 Å². The lowest BCUT2D eigenvalue weighted by Crippen LogP contribution is -2.37. The van der Waals surface area contributed by atoms with Gasteiger partial charge in [-0.2, -0.15) is 0 Å². The lowest BCUT2D eigenvalue weighted by Gasteiger charge is -2.24. The van der Waals surface area contributed by atoms with Gasteiger partial charge in [-0.3, -0.25) is 0 Å². The molecule has 102 valence electrons. The molecular weight excluding hydrogens is 243 g/mol. The molecule has 0 aliphatic heterocycles. The third-order valence-electron chi connectivity index (χ3n) is 2.81. The van der Waals surface area contributed by atoms with Gasteiger partial charge in [0.15, 0.2) is 0 Å². The minimum Gasteiger partial charge on any atom is -0.406 e. The van der Waals surface area contributed by atoms with Gasteiger partial charge in [-0.25, -0.2) is 0 Å². The summed E-state index contributed by atoms with van der Waals surface area (Å²) in [5, 5.41) is 3.33. The van der Waals surface area contributed by atoms with Crippen molar-refractivity contribution in [2.75, 3.05) is 0 Å². The van der Waals surface area contributed by atoms with Crippen LogP contribution in [0.1, 0.15) is 32.8 Å². The third-order valence-corrected chi connectivity index (χ3v) is 2.81. The predicted molar refractivity (Wildman–Crippen MR) is 64.3 cm³/mol. The molecule has 0 fully saturated rings. The molecule has 1 aromatic carbocycles. The fourth-order valence-corrected chi connectivity index (χ4v) is 1.28. The summed E-state index contributed by atoms with van der Waals surface area (Å²) < 4.78 is 39.7. The topological polar surface area (TPSA) is 21.3 Å². The fraction of sp³-hybridized carbons (Fsp3) is 0.538. The lowest BCUT2D eigenvalue weighted by molar-refractivity contribution is -0.274. The molecule has 0 radical (unpaired) electrons. The van der Waals surface area contributed by atoms with E-state index in [1.54, 1.807) is 12.1 Å². The summed E-state index contributed by atoms with van der Waals surface area (Å²) in [4.78, 5) is 0. The molecule has 0 bridgehead atoms. The van der Waals surface area contributed by atoms with Crippen LogP contribution in [0.5, 0.6) is 5.75 Å². The average Bonchev–Trinajstić information content (AvgIpc) is 2.26. The van der Waals surface area contributed by atoms with Crippen molar-refractivity contribution in [1.29, 1.82) is 0 Å². The van der Waals surface area contributed by atoms with E-state index in [1.807, 2.05) is 0 Å². The fourth-order valence-electron chi connectivity index (χ4n) is 1.28. The Morgan fingerprint density at radius 3 is 2.11 bits per heavy atom. The number of ether oxygens (including phenoxy) is 1. The zero-order valence-corrected chi connectivity index (χ0v) is 10.8. The van der Waals surface area contributed by atoms with Crippen LogP contribution >= 0.6 is 0 Å². The van der Waals surface area contributed by atoms with Crippen molar-refractivity contribution >= 4 is 0 Å². The Kier molecular flexibility index (Phi) is 4.62. The molecule has 1 aromatic rings. The van der Waals surface area contributed by atoms with E-state index in [2.05, 4.69) is 30.8 Å². The second-order valence-electron chi connectivity index (χ2n) is 4.78. The maximum absolute atomic E-state index is 12.0. The van der Waals surface area contributed by atoms with Crippen molar-refractivity contribution in [1.82, 2.24) is 5.32 Å². The Labute approximate surface area is 105 Å². The van der Waals surface area contributed by atoms with Gasteiger partial charge in [-0.1, -0.05) is 19.1 Å². The molecule has 0 heterocycles. The molecule has 2 nitrogen and oxygen atoms in total. The molecule has 5 heteroatoms. The maximum Gasteiger partial charge on any atom is 0.573 e. The largest absolute Gasteiger partial charge is 0.573 e. The molecule has 18 heavy (non-hydrogen) atoms. The Morgan fingerprint density at radius 1 is 1.11 bits per heavy atom. The molecule has 1 rings (SSSR count). The van der Waals surface area contributed by atoms with Gasteiger partial charge in [-0.15, -0.1) is 13.2 Å². The highest BCUT2D eigenvalue weighted by Gasteiger charge is 2.30. The van der Waals surface area contributed by atoms with Crippen molar-refractivity contribution < 1.29 is 17.9 Å². The van der Waals surface area contributed by atoms with E-state index in [-0.39, 0.29) is 11.3 Å². The second-order valence-corrected chi connectivity index (χ2v) is 4.78. The number of hydrogen-bond donors (Lipinski definition) is 1. The number of alkyl halides is 3. The number of hydrogen-bond acceptors (Lipinski definition) is 2. The molecule has 0 unspecified atom stereocenters. The first-order valence-corrected chi connectivity index (χ1v) is 5.81. The van der Waals surface area contributed by atoms with E-state index in [1.165, 1.54) is 12.1 Å². The Hall–Kier alpha value is -1.23. The number of benzene rings is 1. The number of rotatable bonds is 5. The zero-order valence-electron chi connectivity index (χ0n) is 10.8. The molecule has 0 aromatic heterocycles. The molecule has 0 atom stereocenters. The van der Waals surface area contributed by atoms with E-state index >= 15 is 0 Å². The normalized spacial score (nSPS) is 12.6. The van der Waals surface area contributed by atoms with Crippen molar-refractivity contribution in [2.45, 2.75) is 45.6 Å². The van der Waals surface area contributed by atoms with Crippen LogP contribution in [-0.4, -0.2) is 11.9 Å². The highest BCUT2D eigenvalue weighted by molar-refractivity contribution is 5.27. The average molecular weight is 261 g/mol. The monoisotopic (exact) mass is 261 g/mol. The molecule has 0 amide bonds. The number of halogens is 3. The molecule has 0 aliphatic carbocycles. The maximum atomic E-state index is 12.0. The van der Waals surface area contributed by atoms with Crippen LogP contribution in [0.3, 0.4) is 0 Å². The standard InChI is InChI=1S/C13H18F3NO/c1-4-12(2,3)17-9-10-5-7-11(8-6-10)18-13(14,15)16/h5-8,17H,4,9H2,1-3H3. The first-order chi connectivity index (χ1) is 8.22. The number of nitrogens with one attached hydrogen (secondary N) is 1. The van der Waals surface area contributed by atoms with Gasteiger partial charge in [0.2, 0.25) is 0 Å². The van der Waals surface area contributed by atoms with E-state index in [4.69, 9.17) is 0 Å². The smallest absolute Gasteiger partial charge is 0.406 e. The van der Waals surface area contributed by atoms with Crippen LogP contribution in [0, 0.1) is 0 Å². The van der Waals surface area contributed by atoms with Gasteiger partial charge in [0.25, 0.3) is 0 Å². The molecular formula is C13H18F3NO. The van der Waals surface area contributed by atoms with Crippen LogP contribution in [0.15, 0.2) is 24.3 Å². The van der Waals surface area contributed by atoms with E-state index in [0.717, 1.165) is 12.0 Å². The molecule has 0 saturated heterocycles. The van der Waals surface area contributed by atoms with Gasteiger partial charge in [0, 0.05) is 12.1 Å². The summed E-state index contributed by atoms with van der Waals surface area (Å²) >= 11 is 0. The second kappa shape index (κ2) is 5.61. The van der Waals surface area contributed by atoms with Gasteiger partial charge >= 0.3 is 6.36 Å². The van der Waals surface area contributed by atoms with E-state index in [9.17, 15) is 13.2 Å². The van der Waals surface area contributed by atoms with Crippen LogP contribution < -0.4 is 10.1 Å². The Bertz CT molecular complexity index is 371. The van der Waals surface area contributed by atoms with Crippen molar-refractivity contribution in [2.24, 2.45) is 0 Å². The predicted octanol–water partition coefficient (Wildman–Crippen LogP) is 3.86. The summed E-state index contributed by atoms with van der Waals surface area (Å²) in [7, 11) is 0. The lowest BCUT2D eigenvalue weighted by atomic mass is 10.0. The molecule has 0 aliphatic rings. The van der Waals surface area contributed by atoms with Crippen molar-refractivity contribution in [3.8, 4) is 5.75 Å². The highest BCUT2D eigenvalue weighted by atomic mass is 19.4. The molecule has 1 N–H and O–H groups in total. The van der Waals surface area contributed by atoms with Gasteiger partial charge < -0.3 is 10.1 Å². The van der Waals surface area contributed by atoms with Crippen LogP contribution in [0.25, 0.3) is 0 Å². The summed E-state index contributed by atoms with van der Waals surface area (Å²) in [5.74, 6) is -0.194. The first kappa shape index (κ1) is 14.8. The zero-order chi connectivity index (χ0) is 13.8. The third kappa shape index (κ3) is 5.40. The summed E-state index contributed by atoms with van der Waals surface area (Å²) in [6, 6.07) is 5.90. The van der Waals surface area contributed by atoms with Gasteiger partial charge in [0.1, 0.15) is 5.75 Å². The SMILES string of the molecule is CCC(C)(C)NCc1ccc(OC(F)(F)F)cc1.